The molecular formula is C23H28N4O4. The van der Waals surface area contributed by atoms with E-state index in [9.17, 15) is 4.79 Å². The standard InChI is InChI=1S/C23H28N4O4/c1-5-30-16-12-14(6-8-15(16)29-4)7-9-17-25-21(27-23(3)10-11-23)19-18(20(24)28)13(2)31-22(19)26-17/h6,8,12H,5,7,9-11H2,1-4H3,(H2,24,28)(H,25,26,27). The lowest BCUT2D eigenvalue weighted by Gasteiger charge is -2.14. The highest BCUT2D eigenvalue weighted by Gasteiger charge is 2.38. The number of carbonyl (C=O) groups is 1. The first-order valence-electron chi connectivity index (χ1n) is 10.5. The van der Waals surface area contributed by atoms with Crippen molar-refractivity contribution in [3.8, 4) is 11.5 Å². The Balaban J connectivity index is 1.65. The summed E-state index contributed by atoms with van der Waals surface area (Å²) in [5.74, 6) is 2.58. The van der Waals surface area contributed by atoms with Crippen molar-refractivity contribution < 1.29 is 18.7 Å². The average molecular weight is 425 g/mol. The maximum atomic E-state index is 12.0. The summed E-state index contributed by atoms with van der Waals surface area (Å²) >= 11 is 0. The van der Waals surface area contributed by atoms with E-state index in [1.165, 1.54) is 0 Å². The molecule has 3 aromatic rings. The Hall–Kier alpha value is -3.29. The molecule has 0 aliphatic heterocycles. The molecular weight excluding hydrogens is 396 g/mol. The molecule has 1 aliphatic rings. The molecule has 0 atom stereocenters. The van der Waals surface area contributed by atoms with Crippen LogP contribution in [0, 0.1) is 6.92 Å². The number of methoxy groups -OCH3 is 1. The van der Waals surface area contributed by atoms with Gasteiger partial charge >= 0.3 is 0 Å². The summed E-state index contributed by atoms with van der Waals surface area (Å²) in [4.78, 5) is 21.3. The van der Waals surface area contributed by atoms with Gasteiger partial charge in [-0.1, -0.05) is 6.07 Å². The van der Waals surface area contributed by atoms with Crippen LogP contribution in [0.25, 0.3) is 11.1 Å². The number of rotatable bonds is 9. The first-order valence-corrected chi connectivity index (χ1v) is 10.5. The summed E-state index contributed by atoms with van der Waals surface area (Å²) in [6.07, 6.45) is 3.41. The number of ether oxygens (including phenoxy) is 2. The topological polar surface area (TPSA) is 113 Å². The van der Waals surface area contributed by atoms with Crippen molar-refractivity contribution in [1.82, 2.24) is 9.97 Å². The summed E-state index contributed by atoms with van der Waals surface area (Å²) in [7, 11) is 1.63. The van der Waals surface area contributed by atoms with E-state index in [0.717, 1.165) is 24.2 Å². The van der Waals surface area contributed by atoms with Gasteiger partial charge in [-0.2, -0.15) is 4.98 Å². The maximum absolute atomic E-state index is 12.0. The number of nitrogens with two attached hydrogens (primary N) is 1. The number of aromatic nitrogens is 2. The second kappa shape index (κ2) is 8.09. The van der Waals surface area contributed by atoms with Gasteiger partial charge < -0.3 is 24.9 Å². The molecule has 8 heteroatoms. The number of anilines is 1. The van der Waals surface area contributed by atoms with E-state index in [1.807, 2.05) is 25.1 Å². The van der Waals surface area contributed by atoms with Gasteiger partial charge in [-0.3, -0.25) is 4.79 Å². The Kier molecular flexibility index (Phi) is 5.47. The van der Waals surface area contributed by atoms with Crippen molar-refractivity contribution in [3.05, 3.63) is 40.9 Å². The van der Waals surface area contributed by atoms with Crippen LogP contribution in [0.3, 0.4) is 0 Å². The van der Waals surface area contributed by atoms with E-state index in [-0.39, 0.29) is 5.54 Å². The Bertz CT molecular complexity index is 1130. The molecule has 3 N–H and O–H groups in total. The Morgan fingerprint density at radius 2 is 2.03 bits per heavy atom. The molecule has 8 nitrogen and oxygen atoms in total. The number of nitrogens with zero attached hydrogens (tertiary/aromatic N) is 2. The predicted octanol–water partition coefficient (Wildman–Crippen LogP) is 3.79. The third kappa shape index (κ3) is 4.28. The van der Waals surface area contributed by atoms with Gasteiger partial charge in [0.1, 0.15) is 17.4 Å². The monoisotopic (exact) mass is 424 g/mol. The quantitative estimate of drug-likeness (QED) is 0.537. The molecule has 1 fully saturated rings. The minimum atomic E-state index is -0.543. The second-order valence-electron chi connectivity index (χ2n) is 8.17. The SMILES string of the molecule is CCOc1cc(CCc2nc(NC3(C)CC3)c3c(C(N)=O)c(C)oc3n2)ccc1OC. The van der Waals surface area contributed by atoms with Gasteiger partial charge in [0.15, 0.2) is 11.5 Å². The minimum absolute atomic E-state index is 0.0268. The second-order valence-corrected chi connectivity index (χ2v) is 8.17. The fourth-order valence-corrected chi connectivity index (χ4v) is 3.65. The normalized spacial score (nSPS) is 14.5. The molecule has 2 heterocycles. The molecule has 1 aliphatic carbocycles. The molecule has 0 radical (unpaired) electrons. The third-order valence-corrected chi connectivity index (χ3v) is 5.61. The number of fused-ring (bicyclic) bond motifs is 1. The van der Waals surface area contributed by atoms with E-state index in [4.69, 9.17) is 24.6 Å². The van der Waals surface area contributed by atoms with Crippen molar-refractivity contribution in [2.75, 3.05) is 19.0 Å². The van der Waals surface area contributed by atoms with Gasteiger partial charge in [0.2, 0.25) is 5.71 Å². The summed E-state index contributed by atoms with van der Waals surface area (Å²) in [5.41, 5.74) is 7.39. The van der Waals surface area contributed by atoms with Crippen LogP contribution in [0.5, 0.6) is 11.5 Å². The number of primary amides is 1. The fourth-order valence-electron chi connectivity index (χ4n) is 3.65. The van der Waals surface area contributed by atoms with Crippen molar-refractivity contribution in [1.29, 1.82) is 0 Å². The smallest absolute Gasteiger partial charge is 0.253 e. The van der Waals surface area contributed by atoms with Crippen LogP contribution in [0.1, 0.15) is 54.2 Å². The lowest BCUT2D eigenvalue weighted by atomic mass is 10.1. The lowest BCUT2D eigenvalue weighted by molar-refractivity contribution is 0.1000. The van der Waals surface area contributed by atoms with E-state index >= 15 is 0 Å². The highest BCUT2D eigenvalue weighted by atomic mass is 16.5. The largest absolute Gasteiger partial charge is 0.493 e. The molecule has 0 bridgehead atoms. The fraction of sp³-hybridized carbons (Fsp3) is 0.435. The number of amides is 1. The zero-order valence-corrected chi connectivity index (χ0v) is 18.4. The number of aryl methyl sites for hydroxylation is 3. The number of benzene rings is 1. The summed E-state index contributed by atoms with van der Waals surface area (Å²) in [5, 5.41) is 4.03. The Labute approximate surface area is 181 Å². The van der Waals surface area contributed by atoms with Gasteiger partial charge in [-0.05, 0) is 57.7 Å². The van der Waals surface area contributed by atoms with Crippen LogP contribution < -0.4 is 20.5 Å². The number of hydrogen-bond donors (Lipinski definition) is 2. The number of hydrogen-bond acceptors (Lipinski definition) is 7. The van der Waals surface area contributed by atoms with Crippen molar-refractivity contribution >= 4 is 22.8 Å². The molecule has 1 amide bonds. The molecule has 164 valence electrons. The first kappa shape index (κ1) is 21.0. The third-order valence-electron chi connectivity index (χ3n) is 5.61. The van der Waals surface area contributed by atoms with Crippen LogP contribution in [0.15, 0.2) is 22.6 Å². The van der Waals surface area contributed by atoms with Crippen LogP contribution in [-0.2, 0) is 12.8 Å². The molecule has 0 saturated heterocycles. The molecule has 0 spiro atoms. The van der Waals surface area contributed by atoms with Crippen LogP contribution >= 0.6 is 0 Å². The Morgan fingerprint density at radius 3 is 2.68 bits per heavy atom. The van der Waals surface area contributed by atoms with Gasteiger partial charge in [-0.25, -0.2) is 4.98 Å². The zero-order valence-electron chi connectivity index (χ0n) is 18.4. The molecule has 0 unspecified atom stereocenters. The van der Waals surface area contributed by atoms with Crippen molar-refractivity contribution in [3.63, 3.8) is 0 Å². The Morgan fingerprint density at radius 1 is 1.26 bits per heavy atom. The van der Waals surface area contributed by atoms with Gasteiger partial charge in [0.25, 0.3) is 5.91 Å². The molecule has 31 heavy (non-hydrogen) atoms. The predicted molar refractivity (Wildman–Crippen MR) is 118 cm³/mol. The number of nitrogens with one attached hydrogen (secondary N) is 1. The van der Waals surface area contributed by atoms with Gasteiger partial charge in [0, 0.05) is 12.0 Å². The van der Waals surface area contributed by atoms with Crippen molar-refractivity contribution in [2.45, 2.75) is 52.0 Å². The van der Waals surface area contributed by atoms with E-state index in [1.54, 1.807) is 14.0 Å². The maximum Gasteiger partial charge on any atom is 0.253 e. The van der Waals surface area contributed by atoms with Gasteiger partial charge in [-0.15, -0.1) is 0 Å². The van der Waals surface area contributed by atoms with E-state index in [2.05, 4.69) is 17.2 Å². The van der Waals surface area contributed by atoms with Crippen LogP contribution in [0.2, 0.25) is 0 Å². The van der Waals surface area contributed by atoms with E-state index < -0.39 is 5.91 Å². The summed E-state index contributed by atoms with van der Waals surface area (Å²) in [6, 6.07) is 5.89. The van der Waals surface area contributed by atoms with Crippen LogP contribution in [0.4, 0.5) is 5.82 Å². The minimum Gasteiger partial charge on any atom is -0.493 e. The number of carbonyl (C=O) groups excluding carboxylic acids is 1. The first-order chi connectivity index (χ1) is 14.8. The molecule has 2 aromatic heterocycles. The molecule has 1 aromatic carbocycles. The van der Waals surface area contributed by atoms with E-state index in [0.29, 0.717) is 59.3 Å². The zero-order chi connectivity index (χ0) is 22.2. The lowest BCUT2D eigenvalue weighted by Crippen LogP contribution is -2.19. The molecule has 1 saturated carbocycles. The van der Waals surface area contributed by atoms with Crippen LogP contribution in [-0.4, -0.2) is 35.1 Å². The average Bonchev–Trinajstić information content (AvgIpc) is 3.34. The van der Waals surface area contributed by atoms with Crippen molar-refractivity contribution in [2.24, 2.45) is 5.73 Å². The molecule has 4 rings (SSSR count). The summed E-state index contributed by atoms with van der Waals surface area (Å²) < 4.78 is 16.8. The highest BCUT2D eigenvalue weighted by molar-refractivity contribution is 6.09. The number of furan rings is 1. The van der Waals surface area contributed by atoms with Gasteiger partial charge in [0.05, 0.1) is 24.7 Å². The summed E-state index contributed by atoms with van der Waals surface area (Å²) in [6.45, 7) is 6.35. The highest BCUT2D eigenvalue weighted by Crippen LogP contribution is 2.40.